The fourth-order valence-electron chi connectivity index (χ4n) is 2.10. The Morgan fingerprint density at radius 3 is 2.43 bits per heavy atom. The van der Waals surface area contributed by atoms with E-state index in [2.05, 4.69) is 4.98 Å². The van der Waals surface area contributed by atoms with Crippen LogP contribution >= 0.6 is 11.9 Å². The first-order valence-corrected chi connectivity index (χ1v) is 7.48. The van der Waals surface area contributed by atoms with E-state index in [1.807, 2.05) is 13.0 Å². The van der Waals surface area contributed by atoms with E-state index in [1.165, 1.54) is 37.6 Å². The number of aryl methyl sites for hydroxylation is 1. The summed E-state index contributed by atoms with van der Waals surface area (Å²) in [6.45, 7) is 1.82. The van der Waals surface area contributed by atoms with Gasteiger partial charge in [-0.2, -0.15) is 18.4 Å². The van der Waals surface area contributed by atoms with Gasteiger partial charge in [-0.05, 0) is 37.5 Å². The van der Waals surface area contributed by atoms with Crippen LogP contribution in [0.2, 0.25) is 0 Å². The summed E-state index contributed by atoms with van der Waals surface area (Å²) >= 11 is 0.907. The lowest BCUT2D eigenvalue weighted by Crippen LogP contribution is -2.31. The Bertz CT molecular complexity index is 708. The predicted molar refractivity (Wildman–Crippen MR) is 82.5 cm³/mol. The number of nitrogens with zero attached hydrogens (tertiary/aromatic N) is 3. The molecule has 0 amide bonds. The summed E-state index contributed by atoms with van der Waals surface area (Å²) in [7, 11) is 1.38. The maximum atomic E-state index is 13.5. The van der Waals surface area contributed by atoms with Gasteiger partial charge in [-0.15, -0.1) is 0 Å². The number of benzene rings is 1. The van der Waals surface area contributed by atoms with Gasteiger partial charge in [0.15, 0.2) is 0 Å². The van der Waals surface area contributed by atoms with Gasteiger partial charge in [0.25, 0.3) is 0 Å². The summed E-state index contributed by atoms with van der Waals surface area (Å²) in [6, 6.07) is 7.96. The summed E-state index contributed by atoms with van der Waals surface area (Å²) in [4.78, 5) is 4.34. The molecule has 2 aromatic rings. The van der Waals surface area contributed by atoms with Crippen molar-refractivity contribution < 1.29 is 13.2 Å². The topological polar surface area (TPSA) is 39.9 Å². The van der Waals surface area contributed by atoms with Gasteiger partial charge in [0.05, 0.1) is 5.56 Å². The Balaban J connectivity index is 2.28. The van der Waals surface area contributed by atoms with Crippen LogP contribution in [0.1, 0.15) is 22.7 Å². The molecule has 1 atom stereocenters. The second-order valence-electron chi connectivity index (χ2n) is 5.01. The van der Waals surface area contributed by atoms with Gasteiger partial charge in [-0.25, -0.2) is 4.31 Å². The molecule has 0 spiro atoms. The van der Waals surface area contributed by atoms with E-state index in [0.717, 1.165) is 21.8 Å². The van der Waals surface area contributed by atoms with Crippen molar-refractivity contribution in [2.45, 2.75) is 24.0 Å². The molecule has 120 valence electrons. The molecule has 0 aliphatic rings. The Morgan fingerprint density at radius 2 is 1.87 bits per heavy atom. The van der Waals surface area contributed by atoms with Gasteiger partial charge < -0.3 is 0 Å². The maximum Gasteiger partial charge on any atom is 0.408 e. The molecule has 1 heterocycles. The van der Waals surface area contributed by atoms with E-state index in [9.17, 15) is 13.2 Å². The molecule has 0 aliphatic heterocycles. The molecule has 1 aromatic heterocycles. The van der Waals surface area contributed by atoms with Crippen LogP contribution in [0.5, 0.6) is 0 Å². The highest BCUT2D eigenvalue weighted by Gasteiger charge is 2.44. The molecule has 0 N–H and O–H groups in total. The minimum atomic E-state index is -4.42. The number of pyridine rings is 1. The fourth-order valence-corrected chi connectivity index (χ4v) is 3.07. The van der Waals surface area contributed by atoms with Crippen LogP contribution in [0.15, 0.2) is 47.6 Å². The molecule has 7 heteroatoms. The number of alkyl halides is 3. The smallest absolute Gasteiger partial charge is 0.262 e. The van der Waals surface area contributed by atoms with Crippen molar-refractivity contribution in [2.75, 3.05) is 7.05 Å². The van der Waals surface area contributed by atoms with Crippen molar-refractivity contribution in [3.63, 3.8) is 0 Å². The third kappa shape index (κ3) is 4.47. The highest BCUT2D eigenvalue weighted by molar-refractivity contribution is 7.97. The Hall–Kier alpha value is -2.04. The van der Waals surface area contributed by atoms with Crippen molar-refractivity contribution in [3.8, 4) is 6.07 Å². The molecule has 1 aromatic carbocycles. The molecular formula is C16H14F3N3S. The van der Waals surface area contributed by atoms with Crippen molar-refractivity contribution >= 4 is 11.9 Å². The third-order valence-electron chi connectivity index (χ3n) is 3.16. The van der Waals surface area contributed by atoms with Crippen LogP contribution < -0.4 is 0 Å². The Kier molecular flexibility index (Phi) is 5.29. The number of rotatable bonds is 4. The van der Waals surface area contributed by atoms with Crippen molar-refractivity contribution in [1.29, 1.82) is 5.26 Å². The second kappa shape index (κ2) is 7.02. The van der Waals surface area contributed by atoms with Crippen molar-refractivity contribution in [2.24, 2.45) is 0 Å². The van der Waals surface area contributed by atoms with Gasteiger partial charge >= 0.3 is 6.18 Å². The van der Waals surface area contributed by atoms with Crippen LogP contribution in [0.25, 0.3) is 0 Å². The van der Waals surface area contributed by atoms with Crippen LogP contribution in [-0.4, -0.2) is 22.5 Å². The number of hydrogen-bond acceptors (Lipinski definition) is 4. The predicted octanol–water partition coefficient (Wildman–Crippen LogP) is 4.50. The largest absolute Gasteiger partial charge is 0.408 e. The molecule has 3 nitrogen and oxygen atoms in total. The Morgan fingerprint density at radius 1 is 1.22 bits per heavy atom. The lowest BCUT2D eigenvalue weighted by Gasteiger charge is -2.29. The Labute approximate surface area is 136 Å². The quantitative estimate of drug-likeness (QED) is 0.770. The average Bonchev–Trinajstić information content (AvgIpc) is 2.48. The van der Waals surface area contributed by atoms with E-state index in [1.54, 1.807) is 12.1 Å². The number of hydrogen-bond donors (Lipinski definition) is 0. The fraction of sp³-hybridized carbons (Fsp3) is 0.250. The average molecular weight is 337 g/mol. The monoisotopic (exact) mass is 337 g/mol. The number of nitriles is 1. The van der Waals surface area contributed by atoms with Gasteiger partial charge in [-0.3, -0.25) is 4.98 Å². The SMILES string of the molecule is Cc1ccc(C(N(C)Sc2cncc(C#N)c2)C(F)(F)F)cc1. The standard InChI is InChI=1S/C16H14F3N3S/c1-11-3-5-13(6-4-11)15(16(17,18)19)22(2)23-14-7-12(8-20)9-21-10-14/h3-7,9-10,15H,1-2H3. The van der Waals surface area contributed by atoms with Crippen LogP contribution in [0, 0.1) is 18.3 Å². The zero-order chi connectivity index (χ0) is 17.0. The zero-order valence-electron chi connectivity index (χ0n) is 12.5. The van der Waals surface area contributed by atoms with Gasteiger partial charge in [0.1, 0.15) is 12.1 Å². The highest BCUT2D eigenvalue weighted by Crippen LogP contribution is 2.41. The normalized spacial score (nSPS) is 12.9. The maximum absolute atomic E-state index is 13.5. The van der Waals surface area contributed by atoms with E-state index in [-0.39, 0.29) is 5.56 Å². The molecule has 0 bridgehead atoms. The molecule has 1 unspecified atom stereocenters. The molecule has 0 saturated carbocycles. The second-order valence-corrected chi connectivity index (χ2v) is 6.24. The van der Waals surface area contributed by atoms with E-state index in [4.69, 9.17) is 5.26 Å². The van der Waals surface area contributed by atoms with Crippen LogP contribution in [-0.2, 0) is 0 Å². The number of halogens is 3. The summed E-state index contributed by atoms with van der Waals surface area (Å²) < 4.78 is 41.6. The summed E-state index contributed by atoms with van der Waals surface area (Å²) in [5.41, 5.74) is 1.38. The lowest BCUT2D eigenvalue weighted by molar-refractivity contribution is -0.169. The van der Waals surface area contributed by atoms with Crippen LogP contribution in [0.3, 0.4) is 0 Å². The van der Waals surface area contributed by atoms with Gasteiger partial charge in [-0.1, -0.05) is 29.8 Å². The summed E-state index contributed by atoms with van der Waals surface area (Å²) in [5.74, 6) is 0. The zero-order valence-corrected chi connectivity index (χ0v) is 13.3. The molecule has 23 heavy (non-hydrogen) atoms. The minimum absolute atomic E-state index is 0.169. The molecule has 0 radical (unpaired) electrons. The van der Waals surface area contributed by atoms with E-state index < -0.39 is 12.2 Å². The minimum Gasteiger partial charge on any atom is -0.262 e. The summed E-state index contributed by atoms with van der Waals surface area (Å²) in [5, 5.41) is 8.85. The molecular weight excluding hydrogens is 323 g/mol. The third-order valence-corrected chi connectivity index (χ3v) is 4.09. The van der Waals surface area contributed by atoms with Crippen molar-refractivity contribution in [1.82, 2.24) is 9.29 Å². The molecule has 0 aliphatic carbocycles. The molecule has 2 rings (SSSR count). The molecule has 0 fully saturated rings. The first-order chi connectivity index (χ1) is 10.8. The lowest BCUT2D eigenvalue weighted by atomic mass is 10.1. The first kappa shape index (κ1) is 17.3. The highest BCUT2D eigenvalue weighted by atomic mass is 32.2. The van der Waals surface area contributed by atoms with E-state index >= 15 is 0 Å². The van der Waals surface area contributed by atoms with E-state index in [0.29, 0.717) is 10.5 Å². The number of aromatic nitrogens is 1. The summed E-state index contributed by atoms with van der Waals surface area (Å²) in [6.07, 6.45) is -1.62. The first-order valence-electron chi connectivity index (χ1n) is 6.70. The van der Waals surface area contributed by atoms with Crippen LogP contribution in [0.4, 0.5) is 13.2 Å². The van der Waals surface area contributed by atoms with Gasteiger partial charge in [0, 0.05) is 17.3 Å². The van der Waals surface area contributed by atoms with Crippen molar-refractivity contribution in [3.05, 3.63) is 59.4 Å². The van der Waals surface area contributed by atoms with Gasteiger partial charge in [0.2, 0.25) is 0 Å². The molecule has 0 saturated heterocycles.